The van der Waals surface area contributed by atoms with Gasteiger partial charge in [-0.3, -0.25) is 4.98 Å². The van der Waals surface area contributed by atoms with E-state index in [1.807, 2.05) is 20.8 Å². The van der Waals surface area contributed by atoms with Crippen LogP contribution in [0.3, 0.4) is 0 Å². The molecule has 1 aliphatic rings. The van der Waals surface area contributed by atoms with Crippen molar-refractivity contribution < 1.29 is 14.6 Å². The van der Waals surface area contributed by atoms with Crippen molar-refractivity contribution in [2.24, 2.45) is 0 Å². The highest BCUT2D eigenvalue weighted by atomic mass is 16.5. The third-order valence-electron chi connectivity index (χ3n) is 2.95. The van der Waals surface area contributed by atoms with Crippen LogP contribution < -0.4 is 4.90 Å². The summed E-state index contributed by atoms with van der Waals surface area (Å²) >= 11 is 0. The van der Waals surface area contributed by atoms with Gasteiger partial charge in [0, 0.05) is 6.20 Å². The van der Waals surface area contributed by atoms with Gasteiger partial charge in [0.05, 0.1) is 24.5 Å². The van der Waals surface area contributed by atoms with Crippen LogP contribution in [0, 0.1) is 13.8 Å². The lowest BCUT2D eigenvalue weighted by atomic mass is 9.96. The molecule has 0 amide bonds. The molecule has 1 aromatic rings. The fraction of sp³-hybridized carbons (Fsp3) is 0.583. The van der Waals surface area contributed by atoms with Gasteiger partial charge in [0.2, 0.25) is 0 Å². The number of anilines is 1. The van der Waals surface area contributed by atoms with Gasteiger partial charge in [0.1, 0.15) is 12.2 Å². The molecule has 0 spiro atoms. The molecule has 1 N–H and O–H groups in total. The largest absolute Gasteiger partial charge is 0.480 e. The Kier molecular flexibility index (Phi) is 3.21. The summed E-state index contributed by atoms with van der Waals surface area (Å²) in [6.45, 7) is 6.73. The molecule has 1 aromatic heterocycles. The van der Waals surface area contributed by atoms with E-state index in [4.69, 9.17) is 9.84 Å². The van der Waals surface area contributed by atoms with Crippen molar-refractivity contribution in [3.8, 4) is 0 Å². The smallest absolute Gasteiger partial charge is 0.329 e. The topological polar surface area (TPSA) is 75.6 Å². The molecule has 0 radical (unpaired) electrons. The van der Waals surface area contributed by atoms with Crippen LogP contribution in [0.5, 0.6) is 0 Å². The summed E-state index contributed by atoms with van der Waals surface area (Å²) in [5.41, 5.74) is 1.34. The highest BCUT2D eigenvalue weighted by Gasteiger charge is 2.41. The van der Waals surface area contributed by atoms with Gasteiger partial charge in [0.15, 0.2) is 5.82 Å². The number of rotatable bonds is 4. The lowest BCUT2D eigenvalue weighted by molar-refractivity contribution is -0.150. The predicted octanol–water partition coefficient (Wildman–Crippen LogP) is 0.773. The molecule has 2 rings (SSSR count). The van der Waals surface area contributed by atoms with E-state index in [1.54, 1.807) is 6.20 Å². The predicted molar refractivity (Wildman–Crippen MR) is 65.7 cm³/mol. The van der Waals surface area contributed by atoms with Crippen LogP contribution in [0.4, 0.5) is 5.82 Å². The van der Waals surface area contributed by atoms with Crippen LogP contribution >= 0.6 is 0 Å². The Balaban J connectivity index is 1.99. The highest BCUT2D eigenvalue weighted by Crippen LogP contribution is 2.30. The lowest BCUT2D eigenvalue weighted by Gasteiger charge is -2.48. The molecule has 18 heavy (non-hydrogen) atoms. The zero-order chi connectivity index (χ0) is 13.3. The molecule has 0 unspecified atom stereocenters. The number of aryl methyl sites for hydroxylation is 2. The van der Waals surface area contributed by atoms with Crippen LogP contribution in [-0.2, 0) is 9.53 Å². The Hall–Kier alpha value is -1.69. The van der Waals surface area contributed by atoms with Crippen LogP contribution in [0.1, 0.15) is 18.3 Å². The van der Waals surface area contributed by atoms with E-state index in [0.29, 0.717) is 13.1 Å². The number of hydrogen-bond acceptors (Lipinski definition) is 5. The molecule has 0 bridgehead atoms. The second-order valence-corrected chi connectivity index (χ2v) is 4.91. The number of aliphatic carboxylic acids is 1. The first-order chi connectivity index (χ1) is 8.39. The Morgan fingerprint density at radius 3 is 2.83 bits per heavy atom. The van der Waals surface area contributed by atoms with Gasteiger partial charge >= 0.3 is 5.97 Å². The summed E-state index contributed by atoms with van der Waals surface area (Å²) in [7, 11) is 0. The summed E-state index contributed by atoms with van der Waals surface area (Å²) in [6, 6.07) is 0. The molecule has 6 nitrogen and oxygen atoms in total. The lowest BCUT2D eigenvalue weighted by Crippen LogP contribution is -2.62. The van der Waals surface area contributed by atoms with E-state index in [2.05, 4.69) is 14.9 Å². The van der Waals surface area contributed by atoms with Gasteiger partial charge in [-0.2, -0.15) is 0 Å². The molecule has 1 aliphatic heterocycles. The SMILES string of the molecule is Cc1cnc(C)c(N2CC(C)(OCC(=O)O)C2)n1. The van der Waals surface area contributed by atoms with Crippen molar-refractivity contribution in [2.45, 2.75) is 26.4 Å². The van der Waals surface area contributed by atoms with Gasteiger partial charge in [-0.1, -0.05) is 0 Å². The standard InChI is InChI=1S/C12H17N3O3/c1-8-4-13-9(2)11(14-8)15-6-12(3,7-15)18-5-10(16)17/h4H,5-7H2,1-3H3,(H,16,17). The summed E-state index contributed by atoms with van der Waals surface area (Å²) < 4.78 is 5.36. The first kappa shape index (κ1) is 12.8. The van der Waals surface area contributed by atoms with Crippen molar-refractivity contribution in [3.05, 3.63) is 17.6 Å². The molecule has 0 aromatic carbocycles. The molecule has 0 aliphatic carbocycles. The van der Waals surface area contributed by atoms with Gasteiger partial charge in [0.25, 0.3) is 0 Å². The number of aromatic nitrogens is 2. The van der Waals surface area contributed by atoms with Crippen molar-refractivity contribution in [1.29, 1.82) is 0 Å². The van der Waals surface area contributed by atoms with Gasteiger partial charge < -0.3 is 14.7 Å². The van der Waals surface area contributed by atoms with Crippen molar-refractivity contribution in [1.82, 2.24) is 9.97 Å². The fourth-order valence-electron chi connectivity index (χ4n) is 2.06. The Morgan fingerprint density at radius 1 is 1.56 bits per heavy atom. The maximum Gasteiger partial charge on any atom is 0.329 e. The zero-order valence-electron chi connectivity index (χ0n) is 10.8. The van der Waals surface area contributed by atoms with Gasteiger partial charge in [-0.25, -0.2) is 9.78 Å². The molecular formula is C12H17N3O3. The maximum atomic E-state index is 10.5. The zero-order valence-corrected chi connectivity index (χ0v) is 10.8. The van der Waals surface area contributed by atoms with Crippen molar-refractivity contribution in [2.75, 3.05) is 24.6 Å². The minimum Gasteiger partial charge on any atom is -0.480 e. The molecule has 1 saturated heterocycles. The molecule has 0 saturated carbocycles. The van der Waals surface area contributed by atoms with Crippen LogP contribution in [-0.4, -0.2) is 46.3 Å². The number of hydrogen-bond donors (Lipinski definition) is 1. The average Bonchev–Trinajstić information content (AvgIpc) is 2.26. The third-order valence-corrected chi connectivity index (χ3v) is 2.95. The monoisotopic (exact) mass is 251 g/mol. The molecule has 98 valence electrons. The number of ether oxygens (including phenoxy) is 1. The van der Waals surface area contributed by atoms with Crippen LogP contribution in [0.2, 0.25) is 0 Å². The first-order valence-corrected chi connectivity index (χ1v) is 5.80. The minimum atomic E-state index is -0.943. The molecule has 2 heterocycles. The average molecular weight is 251 g/mol. The highest BCUT2D eigenvalue weighted by molar-refractivity contribution is 5.68. The van der Waals surface area contributed by atoms with Gasteiger partial charge in [-0.05, 0) is 20.8 Å². The number of carboxylic acids is 1. The third kappa shape index (κ3) is 2.59. The minimum absolute atomic E-state index is 0.261. The first-order valence-electron chi connectivity index (χ1n) is 5.80. The van der Waals surface area contributed by atoms with Crippen molar-refractivity contribution in [3.63, 3.8) is 0 Å². The molecular weight excluding hydrogens is 234 g/mol. The normalized spacial score (nSPS) is 17.4. The number of nitrogens with zero attached hydrogens (tertiary/aromatic N) is 3. The van der Waals surface area contributed by atoms with Crippen LogP contribution in [0.15, 0.2) is 6.20 Å². The Labute approximate surface area is 106 Å². The van der Waals surface area contributed by atoms with Crippen LogP contribution in [0.25, 0.3) is 0 Å². The quantitative estimate of drug-likeness (QED) is 0.852. The van der Waals surface area contributed by atoms with E-state index in [-0.39, 0.29) is 6.61 Å². The summed E-state index contributed by atoms with van der Waals surface area (Å²) in [5.74, 6) is -0.0902. The molecule has 6 heteroatoms. The Morgan fingerprint density at radius 2 is 2.22 bits per heavy atom. The molecule has 1 fully saturated rings. The maximum absolute atomic E-state index is 10.5. The molecule has 0 atom stereocenters. The van der Waals surface area contributed by atoms with Crippen molar-refractivity contribution >= 4 is 11.8 Å². The second kappa shape index (κ2) is 4.53. The number of carboxylic acid groups (broad SMARTS) is 1. The second-order valence-electron chi connectivity index (χ2n) is 4.91. The number of carbonyl (C=O) groups is 1. The summed E-state index contributed by atoms with van der Waals surface area (Å²) in [4.78, 5) is 21.2. The van der Waals surface area contributed by atoms with Gasteiger partial charge in [-0.15, -0.1) is 0 Å². The van der Waals surface area contributed by atoms with E-state index in [0.717, 1.165) is 17.2 Å². The fourth-order valence-corrected chi connectivity index (χ4v) is 2.06. The van der Waals surface area contributed by atoms with E-state index in [9.17, 15) is 4.79 Å². The summed E-state index contributed by atoms with van der Waals surface area (Å²) in [5, 5.41) is 8.60. The Bertz CT molecular complexity index is 470. The summed E-state index contributed by atoms with van der Waals surface area (Å²) in [6.07, 6.45) is 1.73. The van der Waals surface area contributed by atoms with E-state index < -0.39 is 11.6 Å². The van der Waals surface area contributed by atoms with E-state index in [1.165, 1.54) is 0 Å². The van der Waals surface area contributed by atoms with E-state index >= 15 is 0 Å².